The molecule has 1 fully saturated rings. The van der Waals surface area contributed by atoms with Gasteiger partial charge in [-0.1, -0.05) is 0 Å². The Balaban J connectivity index is 1.98. The highest BCUT2D eigenvalue weighted by molar-refractivity contribution is 5.69. The third-order valence-electron chi connectivity index (χ3n) is 1.54. The fourth-order valence-electron chi connectivity index (χ4n) is 0.727. The van der Waals surface area contributed by atoms with Crippen LogP contribution in [0.2, 0.25) is 0 Å². The average molecular weight is 168 g/mol. The Morgan fingerprint density at radius 3 is 3.00 bits per heavy atom. The summed E-state index contributed by atoms with van der Waals surface area (Å²) >= 11 is 0. The van der Waals surface area contributed by atoms with Gasteiger partial charge in [0, 0.05) is 12.8 Å². The molecular formula is C9H12O3. The highest BCUT2D eigenvalue weighted by Gasteiger charge is 2.20. The standard InChI is InChI=1S/C9H12O3/c1-11-9(10)6-4-2-3-5-8-7-12-8/h8H,4-7H2,1H3. The molecule has 0 N–H and O–H groups in total. The van der Waals surface area contributed by atoms with Crippen LogP contribution in [0, 0.1) is 11.8 Å². The largest absolute Gasteiger partial charge is 0.469 e. The van der Waals surface area contributed by atoms with Crippen LogP contribution in [-0.2, 0) is 14.3 Å². The van der Waals surface area contributed by atoms with Gasteiger partial charge < -0.3 is 9.47 Å². The molecule has 0 saturated carbocycles. The van der Waals surface area contributed by atoms with Crippen molar-refractivity contribution in [2.75, 3.05) is 13.7 Å². The number of rotatable bonds is 3. The summed E-state index contributed by atoms with van der Waals surface area (Å²) < 4.78 is 9.42. The van der Waals surface area contributed by atoms with Crippen molar-refractivity contribution < 1.29 is 14.3 Å². The molecule has 1 rings (SSSR count). The van der Waals surface area contributed by atoms with Gasteiger partial charge >= 0.3 is 5.97 Å². The van der Waals surface area contributed by atoms with E-state index in [2.05, 4.69) is 16.6 Å². The van der Waals surface area contributed by atoms with Crippen LogP contribution in [0.15, 0.2) is 0 Å². The van der Waals surface area contributed by atoms with Gasteiger partial charge in [-0.2, -0.15) is 0 Å². The number of hydrogen-bond donors (Lipinski definition) is 0. The molecule has 0 aliphatic carbocycles. The molecule has 3 nitrogen and oxygen atoms in total. The van der Waals surface area contributed by atoms with E-state index in [1.165, 1.54) is 7.11 Å². The Morgan fingerprint density at radius 1 is 1.67 bits per heavy atom. The molecule has 3 heteroatoms. The number of carbonyl (C=O) groups is 1. The van der Waals surface area contributed by atoms with Gasteiger partial charge in [0.1, 0.15) is 0 Å². The molecule has 66 valence electrons. The van der Waals surface area contributed by atoms with E-state index in [0.29, 0.717) is 18.9 Å². The van der Waals surface area contributed by atoms with Crippen molar-refractivity contribution >= 4 is 5.97 Å². The van der Waals surface area contributed by atoms with Crippen molar-refractivity contribution in [1.29, 1.82) is 0 Å². The molecule has 0 bridgehead atoms. The minimum atomic E-state index is -0.202. The van der Waals surface area contributed by atoms with E-state index in [1.54, 1.807) is 0 Å². The lowest BCUT2D eigenvalue weighted by molar-refractivity contribution is -0.140. The van der Waals surface area contributed by atoms with Crippen molar-refractivity contribution in [2.24, 2.45) is 0 Å². The van der Waals surface area contributed by atoms with Gasteiger partial charge in [-0.25, -0.2) is 0 Å². The number of esters is 1. The van der Waals surface area contributed by atoms with Crippen LogP contribution in [-0.4, -0.2) is 25.8 Å². The Labute approximate surface area is 72.0 Å². The molecule has 0 aromatic rings. The third-order valence-corrected chi connectivity index (χ3v) is 1.54. The zero-order chi connectivity index (χ0) is 8.81. The maximum Gasteiger partial charge on any atom is 0.306 e. The van der Waals surface area contributed by atoms with Gasteiger partial charge in [-0.15, -0.1) is 11.8 Å². The summed E-state index contributed by atoms with van der Waals surface area (Å²) in [6.45, 7) is 0.839. The second-order valence-electron chi connectivity index (χ2n) is 2.59. The molecule has 1 atom stereocenters. The van der Waals surface area contributed by atoms with E-state index in [4.69, 9.17) is 4.74 Å². The maximum absolute atomic E-state index is 10.6. The van der Waals surface area contributed by atoms with Crippen molar-refractivity contribution in [3.05, 3.63) is 0 Å². The van der Waals surface area contributed by atoms with Gasteiger partial charge in [0.2, 0.25) is 0 Å². The zero-order valence-corrected chi connectivity index (χ0v) is 7.13. The van der Waals surface area contributed by atoms with E-state index in [9.17, 15) is 4.79 Å². The van der Waals surface area contributed by atoms with Crippen LogP contribution in [0.4, 0.5) is 0 Å². The van der Waals surface area contributed by atoms with Crippen LogP contribution < -0.4 is 0 Å². The fourth-order valence-corrected chi connectivity index (χ4v) is 0.727. The predicted octanol–water partition coefficient (Wildman–Crippen LogP) is 0.732. The first-order valence-corrected chi connectivity index (χ1v) is 3.97. The van der Waals surface area contributed by atoms with Crippen LogP contribution in [0.25, 0.3) is 0 Å². The first-order valence-electron chi connectivity index (χ1n) is 3.97. The molecule has 0 amide bonds. The number of epoxide rings is 1. The van der Waals surface area contributed by atoms with Gasteiger partial charge in [-0.05, 0) is 0 Å². The van der Waals surface area contributed by atoms with Gasteiger partial charge in [-0.3, -0.25) is 4.79 Å². The lowest BCUT2D eigenvalue weighted by Crippen LogP contribution is -1.98. The molecule has 12 heavy (non-hydrogen) atoms. The smallest absolute Gasteiger partial charge is 0.306 e. The van der Waals surface area contributed by atoms with E-state index < -0.39 is 0 Å². The molecule has 0 spiro atoms. The second kappa shape index (κ2) is 4.78. The summed E-state index contributed by atoms with van der Waals surface area (Å²) in [5, 5.41) is 0. The maximum atomic E-state index is 10.6. The Kier molecular flexibility index (Phi) is 3.62. The fraction of sp³-hybridized carbons (Fsp3) is 0.667. The Bertz CT molecular complexity index is 208. The van der Waals surface area contributed by atoms with Crippen molar-refractivity contribution in [3.63, 3.8) is 0 Å². The van der Waals surface area contributed by atoms with E-state index in [1.807, 2.05) is 0 Å². The molecule has 0 aromatic heterocycles. The normalized spacial score (nSPS) is 19.2. The number of ether oxygens (including phenoxy) is 2. The topological polar surface area (TPSA) is 38.8 Å². The molecule has 1 saturated heterocycles. The SMILES string of the molecule is COC(=O)CCC#CCC1CO1. The minimum Gasteiger partial charge on any atom is -0.469 e. The molecule has 0 aromatic carbocycles. The highest BCUT2D eigenvalue weighted by Crippen LogP contribution is 2.11. The van der Waals surface area contributed by atoms with Crippen LogP contribution in [0.3, 0.4) is 0 Å². The molecule has 0 radical (unpaired) electrons. The summed E-state index contributed by atoms with van der Waals surface area (Å²) in [5.74, 6) is 5.63. The van der Waals surface area contributed by atoms with Crippen LogP contribution in [0.5, 0.6) is 0 Å². The van der Waals surface area contributed by atoms with Gasteiger partial charge in [0.05, 0.1) is 26.2 Å². The van der Waals surface area contributed by atoms with Crippen molar-refractivity contribution in [3.8, 4) is 11.8 Å². The first kappa shape index (κ1) is 9.08. The van der Waals surface area contributed by atoms with E-state index >= 15 is 0 Å². The molecular weight excluding hydrogens is 156 g/mol. The summed E-state index contributed by atoms with van der Waals surface area (Å²) in [7, 11) is 1.38. The van der Waals surface area contributed by atoms with E-state index in [-0.39, 0.29) is 5.97 Å². The molecule has 1 heterocycles. The van der Waals surface area contributed by atoms with Crippen molar-refractivity contribution in [1.82, 2.24) is 0 Å². The van der Waals surface area contributed by atoms with Gasteiger partial charge in [0.25, 0.3) is 0 Å². The van der Waals surface area contributed by atoms with Crippen LogP contribution in [0.1, 0.15) is 19.3 Å². The molecule has 1 aliphatic rings. The predicted molar refractivity (Wildman–Crippen MR) is 43.4 cm³/mol. The Morgan fingerprint density at radius 2 is 2.42 bits per heavy atom. The van der Waals surface area contributed by atoms with Gasteiger partial charge in [0.15, 0.2) is 0 Å². The summed E-state index contributed by atoms with van der Waals surface area (Å²) in [4.78, 5) is 10.6. The zero-order valence-electron chi connectivity index (χ0n) is 7.13. The number of hydrogen-bond acceptors (Lipinski definition) is 3. The highest BCUT2D eigenvalue weighted by atomic mass is 16.6. The molecule has 1 aliphatic heterocycles. The lowest BCUT2D eigenvalue weighted by Gasteiger charge is -1.91. The quantitative estimate of drug-likeness (QED) is 0.354. The van der Waals surface area contributed by atoms with Crippen LogP contribution >= 0.6 is 0 Å². The summed E-state index contributed by atoms with van der Waals surface area (Å²) in [5.41, 5.74) is 0. The first-order chi connectivity index (χ1) is 5.83. The number of methoxy groups -OCH3 is 1. The number of carbonyl (C=O) groups excluding carboxylic acids is 1. The van der Waals surface area contributed by atoms with Crippen molar-refractivity contribution in [2.45, 2.75) is 25.4 Å². The summed E-state index contributed by atoms with van der Waals surface area (Å²) in [6, 6.07) is 0. The molecule has 1 unspecified atom stereocenters. The van der Waals surface area contributed by atoms with E-state index in [0.717, 1.165) is 13.0 Å². The monoisotopic (exact) mass is 168 g/mol. The summed E-state index contributed by atoms with van der Waals surface area (Å²) in [6.07, 6.45) is 2.12. The Hall–Kier alpha value is -1.01. The second-order valence-corrected chi connectivity index (χ2v) is 2.59. The average Bonchev–Trinajstić information content (AvgIpc) is 2.87. The third kappa shape index (κ3) is 3.99. The lowest BCUT2D eigenvalue weighted by atomic mass is 10.3. The minimum absolute atomic E-state index is 0.202.